The van der Waals surface area contributed by atoms with Crippen molar-refractivity contribution in [2.75, 3.05) is 46.9 Å². The minimum absolute atomic E-state index is 0.00227. The average Bonchev–Trinajstić information content (AvgIpc) is 3.02. The third-order valence-electron chi connectivity index (χ3n) is 8.04. The summed E-state index contributed by atoms with van der Waals surface area (Å²) >= 11 is 0. The van der Waals surface area contributed by atoms with E-state index in [9.17, 15) is 5.11 Å². The second-order valence-corrected chi connectivity index (χ2v) is 10.2. The summed E-state index contributed by atoms with van der Waals surface area (Å²) in [5.74, 6) is 1.74. The van der Waals surface area contributed by atoms with Crippen LogP contribution >= 0.6 is 0 Å². The maximum Gasteiger partial charge on any atom is 0.166 e. The second kappa shape index (κ2) is 7.85. The van der Waals surface area contributed by atoms with Crippen molar-refractivity contribution in [3.63, 3.8) is 0 Å². The molecule has 1 aromatic rings. The van der Waals surface area contributed by atoms with Crippen LogP contribution in [0, 0.1) is 0 Å². The van der Waals surface area contributed by atoms with Crippen molar-refractivity contribution < 1.29 is 19.1 Å². The fourth-order valence-corrected chi connectivity index (χ4v) is 6.33. The lowest BCUT2D eigenvalue weighted by atomic mass is 9.69. The van der Waals surface area contributed by atoms with Gasteiger partial charge in [-0.2, -0.15) is 0 Å². The highest BCUT2D eigenvalue weighted by atomic mass is 16.5. The van der Waals surface area contributed by atoms with Crippen molar-refractivity contribution in [1.29, 1.82) is 0 Å². The van der Waals surface area contributed by atoms with E-state index in [1.54, 1.807) is 7.11 Å². The topological polar surface area (TPSA) is 41.9 Å². The molecule has 0 amide bonds. The van der Waals surface area contributed by atoms with Crippen LogP contribution in [-0.4, -0.2) is 73.6 Å². The predicted octanol–water partition coefficient (Wildman–Crippen LogP) is 3.24. The fraction of sp³-hybridized carbons (Fsp3) is 0.680. The molecule has 1 saturated heterocycles. The minimum Gasteiger partial charge on any atom is -0.493 e. The lowest BCUT2D eigenvalue weighted by molar-refractivity contribution is -0.922. The zero-order chi connectivity index (χ0) is 20.8. The number of rotatable bonds is 5. The van der Waals surface area contributed by atoms with Gasteiger partial charge in [0.25, 0.3) is 0 Å². The van der Waals surface area contributed by atoms with E-state index in [2.05, 4.69) is 30.2 Å². The Balaban J connectivity index is 1.41. The zero-order valence-corrected chi connectivity index (χ0v) is 18.6. The Morgan fingerprint density at radius 1 is 1.27 bits per heavy atom. The summed E-state index contributed by atoms with van der Waals surface area (Å²) in [6, 6.07) is 4.33. The van der Waals surface area contributed by atoms with Crippen molar-refractivity contribution in [3.8, 4) is 11.5 Å². The molecule has 1 aliphatic carbocycles. The van der Waals surface area contributed by atoms with Gasteiger partial charge in [0.1, 0.15) is 12.6 Å². The van der Waals surface area contributed by atoms with Crippen LogP contribution in [0.5, 0.6) is 11.5 Å². The summed E-state index contributed by atoms with van der Waals surface area (Å²) in [4.78, 5) is 2.66. The summed E-state index contributed by atoms with van der Waals surface area (Å²) < 4.78 is 13.2. The lowest BCUT2D eigenvalue weighted by Crippen LogP contribution is -2.48. The molecule has 3 heterocycles. The van der Waals surface area contributed by atoms with Crippen molar-refractivity contribution >= 4 is 0 Å². The summed E-state index contributed by atoms with van der Waals surface area (Å²) in [6.45, 7) is 7.19. The molecule has 4 atom stereocenters. The van der Waals surface area contributed by atoms with Crippen LogP contribution in [0.15, 0.2) is 24.3 Å². The molecule has 5 rings (SSSR count). The molecular weight excluding hydrogens is 376 g/mol. The van der Waals surface area contributed by atoms with Crippen LogP contribution in [-0.2, 0) is 12.0 Å². The maximum atomic E-state index is 10.3. The molecule has 0 saturated carbocycles. The highest BCUT2D eigenvalue weighted by Gasteiger charge is 2.54. The first-order valence-corrected chi connectivity index (χ1v) is 11.8. The largest absolute Gasteiger partial charge is 0.493 e. The molecule has 1 spiro atoms. The molecule has 3 aliphatic heterocycles. The van der Waals surface area contributed by atoms with E-state index in [1.165, 1.54) is 63.0 Å². The molecule has 1 fully saturated rings. The third kappa shape index (κ3) is 3.45. The Labute approximate surface area is 180 Å². The van der Waals surface area contributed by atoms with E-state index in [0.717, 1.165) is 35.5 Å². The number of hydrogen-bond acceptors (Lipinski definition) is 4. The third-order valence-corrected chi connectivity index (χ3v) is 8.04. The SMILES string of the molecule is COc1ccc2c3c1O[C@@H]1C[C@H](O)C=C[C@]31CC[N+](C)(CCCN1CCCCC1)C2. The summed E-state index contributed by atoms with van der Waals surface area (Å²) in [7, 11) is 4.15. The molecule has 1 aromatic carbocycles. The maximum absolute atomic E-state index is 10.3. The van der Waals surface area contributed by atoms with Gasteiger partial charge >= 0.3 is 0 Å². The number of aliphatic hydroxyl groups is 1. The zero-order valence-electron chi connectivity index (χ0n) is 18.6. The van der Waals surface area contributed by atoms with E-state index in [4.69, 9.17) is 9.47 Å². The Morgan fingerprint density at radius 2 is 2.10 bits per heavy atom. The van der Waals surface area contributed by atoms with Gasteiger partial charge < -0.3 is 24.0 Å². The molecular formula is C25H37N2O3+. The van der Waals surface area contributed by atoms with Gasteiger partial charge in [-0.3, -0.25) is 0 Å². The summed E-state index contributed by atoms with van der Waals surface area (Å²) in [5, 5.41) is 10.3. The van der Waals surface area contributed by atoms with Gasteiger partial charge in [-0.05, 0) is 38.1 Å². The smallest absolute Gasteiger partial charge is 0.166 e. The van der Waals surface area contributed by atoms with Gasteiger partial charge in [0.2, 0.25) is 0 Å². The Bertz CT molecular complexity index is 819. The lowest BCUT2D eigenvalue weighted by Gasteiger charge is -2.38. The Morgan fingerprint density at radius 3 is 2.90 bits per heavy atom. The molecule has 0 bridgehead atoms. The molecule has 164 valence electrons. The van der Waals surface area contributed by atoms with Gasteiger partial charge in [-0.15, -0.1) is 0 Å². The molecule has 30 heavy (non-hydrogen) atoms. The molecule has 5 nitrogen and oxygen atoms in total. The fourth-order valence-electron chi connectivity index (χ4n) is 6.33. The Hall–Kier alpha value is -1.56. The normalized spacial score (nSPS) is 35.3. The highest BCUT2D eigenvalue weighted by Crippen LogP contribution is 2.56. The number of benzene rings is 1. The first-order valence-electron chi connectivity index (χ1n) is 11.8. The molecule has 5 heteroatoms. The van der Waals surface area contributed by atoms with Crippen LogP contribution in [0.4, 0.5) is 0 Å². The first kappa shape index (κ1) is 20.3. The van der Waals surface area contributed by atoms with Crippen molar-refractivity contribution in [1.82, 2.24) is 4.90 Å². The molecule has 1 unspecified atom stereocenters. The van der Waals surface area contributed by atoms with Gasteiger partial charge in [-0.25, -0.2) is 0 Å². The van der Waals surface area contributed by atoms with E-state index in [-0.39, 0.29) is 11.5 Å². The van der Waals surface area contributed by atoms with Crippen LogP contribution in [0.2, 0.25) is 0 Å². The molecule has 4 aliphatic rings. The van der Waals surface area contributed by atoms with Crippen molar-refractivity contribution in [2.24, 2.45) is 0 Å². The number of aliphatic hydroxyl groups excluding tert-OH is 1. The predicted molar refractivity (Wildman–Crippen MR) is 118 cm³/mol. The van der Waals surface area contributed by atoms with Gasteiger partial charge in [0.15, 0.2) is 11.5 Å². The number of quaternary nitrogens is 1. The summed E-state index contributed by atoms with van der Waals surface area (Å²) in [6.07, 6.45) is 10.9. The van der Waals surface area contributed by atoms with Crippen LogP contribution in [0.3, 0.4) is 0 Å². The monoisotopic (exact) mass is 413 g/mol. The minimum atomic E-state index is -0.418. The van der Waals surface area contributed by atoms with Gasteiger partial charge in [0.05, 0.1) is 38.8 Å². The number of hydrogen-bond donors (Lipinski definition) is 1. The molecule has 0 radical (unpaired) electrons. The standard InChI is InChI=1S/C25H37N2O3/c1-27(15-6-14-26-12-4-3-5-13-26)16-11-25-10-9-20(28)17-22(25)30-24-21(29-2)8-7-19(18-27)23(24)25/h7-10,20,22,28H,3-6,11-18H2,1-2H3/q+1/t20-,22-,25-,27?/m1/s1. The number of ether oxygens (including phenoxy) is 2. The number of piperidine rings is 1. The number of likely N-dealkylation sites (tertiary alicyclic amines) is 1. The van der Waals surface area contributed by atoms with E-state index in [1.807, 2.05) is 6.08 Å². The first-order chi connectivity index (χ1) is 14.5. The second-order valence-electron chi connectivity index (χ2n) is 10.2. The number of nitrogens with zero attached hydrogens (tertiary/aromatic N) is 2. The van der Waals surface area contributed by atoms with Crippen LogP contribution in [0.25, 0.3) is 0 Å². The number of methoxy groups -OCH3 is 1. The molecule has 0 aromatic heterocycles. The molecule has 1 N–H and O–H groups in total. The van der Waals surface area contributed by atoms with E-state index in [0.29, 0.717) is 6.42 Å². The van der Waals surface area contributed by atoms with Gasteiger partial charge in [-0.1, -0.05) is 18.6 Å². The van der Waals surface area contributed by atoms with E-state index < -0.39 is 6.10 Å². The van der Waals surface area contributed by atoms with E-state index >= 15 is 0 Å². The quantitative estimate of drug-likeness (QED) is 0.594. The average molecular weight is 414 g/mol. The van der Waals surface area contributed by atoms with Crippen LogP contribution < -0.4 is 9.47 Å². The van der Waals surface area contributed by atoms with Gasteiger partial charge in [0, 0.05) is 36.9 Å². The van der Waals surface area contributed by atoms with Crippen molar-refractivity contribution in [2.45, 2.75) is 62.7 Å². The highest BCUT2D eigenvalue weighted by molar-refractivity contribution is 5.60. The van der Waals surface area contributed by atoms with Crippen molar-refractivity contribution in [3.05, 3.63) is 35.4 Å². The Kier molecular flexibility index (Phi) is 5.32. The van der Waals surface area contributed by atoms with Crippen LogP contribution in [0.1, 0.15) is 49.7 Å². The summed E-state index contributed by atoms with van der Waals surface area (Å²) in [5.41, 5.74) is 2.60.